The molecule has 0 radical (unpaired) electrons. The summed E-state index contributed by atoms with van der Waals surface area (Å²) in [6, 6.07) is 0. The lowest BCUT2D eigenvalue weighted by atomic mass is 9.99. The Kier molecular flexibility index (Phi) is 14.3. The van der Waals surface area contributed by atoms with Crippen molar-refractivity contribution >= 4 is 0 Å². The summed E-state index contributed by atoms with van der Waals surface area (Å²) in [4.78, 5) is 0. The second kappa shape index (κ2) is 16.3. The van der Waals surface area contributed by atoms with Crippen LogP contribution < -0.4 is 0 Å². The molecule has 0 atom stereocenters. The van der Waals surface area contributed by atoms with E-state index >= 15 is 0 Å². The molecule has 0 aromatic carbocycles. The normalized spacial score (nSPS) is 14.1. The van der Waals surface area contributed by atoms with Crippen LogP contribution in [0.2, 0.25) is 0 Å². The lowest BCUT2D eigenvalue weighted by Gasteiger charge is -2.06. The molecule has 0 rings (SSSR count). The number of rotatable bonds is 13. The Balaban J connectivity index is 5.77. The fourth-order valence-corrected chi connectivity index (χ4v) is 2.45. The van der Waals surface area contributed by atoms with Gasteiger partial charge in [0.15, 0.2) is 0 Å². The van der Waals surface area contributed by atoms with E-state index in [0.29, 0.717) is 0 Å². The van der Waals surface area contributed by atoms with Crippen LogP contribution in [0.5, 0.6) is 0 Å². The number of hydrogen-bond acceptors (Lipinski definition) is 0. The van der Waals surface area contributed by atoms with E-state index < -0.39 is 0 Å². The molecule has 0 aliphatic rings. The highest BCUT2D eigenvalue weighted by Crippen LogP contribution is 2.19. The maximum Gasteiger partial charge on any atom is -0.0187 e. The Labute approximate surface area is 184 Å². The van der Waals surface area contributed by atoms with Crippen molar-refractivity contribution in [2.24, 2.45) is 0 Å². The Morgan fingerprint density at radius 2 is 0.967 bits per heavy atom. The molecule has 0 aliphatic carbocycles. The molecular weight excluding hydrogens is 360 g/mol. The molecule has 154 valence electrons. The minimum Gasteiger partial charge on any atom is -0.0991 e. The van der Waals surface area contributed by atoms with Crippen LogP contribution in [0.25, 0.3) is 0 Å². The summed E-state index contributed by atoms with van der Waals surface area (Å²) < 4.78 is 0. The van der Waals surface area contributed by atoms with E-state index in [1.165, 1.54) is 0 Å². The van der Waals surface area contributed by atoms with Gasteiger partial charge >= 0.3 is 0 Å². The Hall–Kier alpha value is -3.64. The van der Waals surface area contributed by atoms with Gasteiger partial charge in [-0.1, -0.05) is 137 Å². The minimum absolute atomic E-state index is 0.859. The third-order valence-corrected chi connectivity index (χ3v) is 3.96. The van der Waals surface area contributed by atoms with Crippen molar-refractivity contribution in [3.05, 3.63) is 170 Å². The van der Waals surface area contributed by atoms with E-state index in [9.17, 15) is 0 Å². The van der Waals surface area contributed by atoms with Gasteiger partial charge in [-0.3, -0.25) is 0 Å². The van der Waals surface area contributed by atoms with Crippen LogP contribution in [0, 0.1) is 0 Å². The molecule has 0 fully saturated rings. The van der Waals surface area contributed by atoms with E-state index in [0.717, 1.165) is 33.4 Å². The van der Waals surface area contributed by atoms with Gasteiger partial charge in [0.2, 0.25) is 0 Å². The van der Waals surface area contributed by atoms with Gasteiger partial charge in [0.05, 0.1) is 0 Å². The van der Waals surface area contributed by atoms with Crippen molar-refractivity contribution in [2.75, 3.05) is 0 Å². The molecule has 0 heterocycles. The monoisotopic (exact) mass is 394 g/mol. The highest BCUT2D eigenvalue weighted by atomic mass is 14.0. The quantitative estimate of drug-likeness (QED) is 0.274. The van der Waals surface area contributed by atoms with Crippen LogP contribution in [0.3, 0.4) is 0 Å². The maximum atomic E-state index is 4.21. The van der Waals surface area contributed by atoms with Crippen LogP contribution >= 0.6 is 0 Å². The van der Waals surface area contributed by atoms with Gasteiger partial charge in [0.1, 0.15) is 0 Å². The zero-order valence-corrected chi connectivity index (χ0v) is 18.5. The fourth-order valence-electron chi connectivity index (χ4n) is 2.45. The maximum absolute atomic E-state index is 4.21. The summed E-state index contributed by atoms with van der Waals surface area (Å²) in [6.07, 6.45) is 30.7. The fraction of sp³-hybridized carbons (Fsp3) is 0.0667. The Morgan fingerprint density at radius 1 is 0.500 bits per heavy atom. The van der Waals surface area contributed by atoms with Gasteiger partial charge in [-0.05, 0) is 47.3 Å². The lowest BCUT2D eigenvalue weighted by Crippen LogP contribution is -1.87. The molecule has 0 aromatic heterocycles. The predicted molar refractivity (Wildman–Crippen MR) is 139 cm³/mol. The summed E-state index contributed by atoms with van der Waals surface area (Å²) in [5.41, 5.74) is 5.80. The Bertz CT molecular complexity index is 894. The third-order valence-electron chi connectivity index (χ3n) is 3.96. The van der Waals surface area contributed by atoms with Crippen molar-refractivity contribution in [1.29, 1.82) is 0 Å². The number of allylic oxidation sites excluding steroid dienone is 22. The van der Waals surface area contributed by atoms with Crippen LogP contribution in [0.1, 0.15) is 13.8 Å². The minimum atomic E-state index is 0.859. The molecule has 0 aromatic rings. The smallest absolute Gasteiger partial charge is 0.0187 e. The topological polar surface area (TPSA) is 0 Å². The SMILES string of the molecule is C=C\C=C/C(=C\C)C(/C=C\C(=C)C(/C=C\C(=C)C(/C=C\C)=C/C=C)=C/C=C)=C\C=C. The average Bonchev–Trinajstić information content (AvgIpc) is 2.74. The van der Waals surface area contributed by atoms with E-state index in [4.69, 9.17) is 0 Å². The summed E-state index contributed by atoms with van der Waals surface area (Å²) in [6.45, 7) is 27.5. The van der Waals surface area contributed by atoms with Gasteiger partial charge in [0, 0.05) is 0 Å². The van der Waals surface area contributed by atoms with Crippen LogP contribution in [0.4, 0.5) is 0 Å². The summed E-state index contributed by atoms with van der Waals surface area (Å²) in [5, 5.41) is 0. The first kappa shape index (κ1) is 26.4. The second-order valence-electron chi connectivity index (χ2n) is 6.13. The largest absolute Gasteiger partial charge is 0.0991 e. The van der Waals surface area contributed by atoms with Crippen LogP contribution in [-0.2, 0) is 0 Å². The van der Waals surface area contributed by atoms with Gasteiger partial charge in [-0.25, -0.2) is 0 Å². The molecule has 0 nitrogen and oxygen atoms in total. The molecule has 0 amide bonds. The van der Waals surface area contributed by atoms with Crippen molar-refractivity contribution in [1.82, 2.24) is 0 Å². The molecule has 30 heavy (non-hydrogen) atoms. The van der Waals surface area contributed by atoms with Gasteiger partial charge < -0.3 is 0 Å². The highest BCUT2D eigenvalue weighted by Gasteiger charge is 2.00. The number of hydrogen-bond donors (Lipinski definition) is 0. The molecule has 0 bridgehead atoms. The molecule has 0 N–H and O–H groups in total. The highest BCUT2D eigenvalue weighted by molar-refractivity contribution is 5.55. The summed E-state index contributed by atoms with van der Waals surface area (Å²) >= 11 is 0. The molecule has 0 unspecified atom stereocenters. The third kappa shape index (κ3) is 10.1. The van der Waals surface area contributed by atoms with Gasteiger partial charge in [-0.15, -0.1) is 0 Å². The van der Waals surface area contributed by atoms with Crippen molar-refractivity contribution in [3.8, 4) is 0 Å². The molecule has 0 aliphatic heterocycles. The van der Waals surface area contributed by atoms with Crippen molar-refractivity contribution < 1.29 is 0 Å². The first-order valence-electron chi connectivity index (χ1n) is 9.80. The molecular formula is C30H34. The first-order chi connectivity index (χ1) is 14.5. The van der Waals surface area contributed by atoms with E-state index in [1.807, 2.05) is 86.8 Å². The predicted octanol–water partition coefficient (Wildman–Crippen LogP) is 8.81. The Morgan fingerprint density at radius 3 is 1.40 bits per heavy atom. The molecule has 0 spiro atoms. The van der Waals surface area contributed by atoms with Crippen molar-refractivity contribution in [3.63, 3.8) is 0 Å². The lowest BCUT2D eigenvalue weighted by molar-refractivity contribution is 1.47. The molecule has 0 saturated heterocycles. The standard InChI is InChI=1S/C30H34/c1-9-15-20-27(14-6)30(19-13-5)24-22-26(8)29(18-12-4)23-21-25(7)28(16-10-2)17-11-3/h9-24H,1-2,4-5,7-8H2,3,6H3/b17-11-,20-15-,23-21-,24-22-,27-14+,28-16+,29-18+,30-19-. The summed E-state index contributed by atoms with van der Waals surface area (Å²) in [7, 11) is 0. The van der Waals surface area contributed by atoms with E-state index in [-0.39, 0.29) is 0 Å². The summed E-state index contributed by atoms with van der Waals surface area (Å²) in [5.74, 6) is 0. The average molecular weight is 395 g/mol. The van der Waals surface area contributed by atoms with Crippen LogP contribution in [-0.4, -0.2) is 0 Å². The zero-order chi connectivity index (χ0) is 22.8. The van der Waals surface area contributed by atoms with E-state index in [1.54, 1.807) is 24.3 Å². The van der Waals surface area contributed by atoms with Gasteiger partial charge in [-0.2, -0.15) is 0 Å². The van der Waals surface area contributed by atoms with Crippen molar-refractivity contribution in [2.45, 2.75) is 13.8 Å². The van der Waals surface area contributed by atoms with Crippen LogP contribution in [0.15, 0.2) is 170 Å². The van der Waals surface area contributed by atoms with Gasteiger partial charge in [0.25, 0.3) is 0 Å². The second-order valence-corrected chi connectivity index (χ2v) is 6.13. The molecule has 0 saturated carbocycles. The van der Waals surface area contributed by atoms with E-state index in [2.05, 4.69) is 39.5 Å². The zero-order valence-electron chi connectivity index (χ0n) is 18.5. The first-order valence-corrected chi connectivity index (χ1v) is 9.80. The molecule has 0 heteroatoms.